The van der Waals surface area contributed by atoms with E-state index in [1.54, 1.807) is 32.3 Å². The van der Waals surface area contributed by atoms with Gasteiger partial charge in [-0.3, -0.25) is 4.79 Å². The second-order valence-electron chi connectivity index (χ2n) is 6.02. The Morgan fingerprint density at radius 3 is 2.52 bits per heavy atom. The number of fused-ring (bicyclic) bond motifs is 1. The number of amides is 1. The van der Waals surface area contributed by atoms with Crippen LogP contribution in [-0.4, -0.2) is 50.2 Å². The zero-order valence-corrected chi connectivity index (χ0v) is 14.1. The number of likely N-dealkylation sites (N-methyl/N-ethyl adjacent to an activating group) is 1. The molecule has 2 aromatic carbocycles. The van der Waals surface area contributed by atoms with Crippen LogP contribution in [-0.2, 0) is 14.8 Å². The van der Waals surface area contributed by atoms with Crippen molar-refractivity contribution >= 4 is 26.7 Å². The third-order valence-electron chi connectivity index (χ3n) is 4.26. The number of sulfonamides is 1. The normalized spacial score (nSPS) is 19.1. The minimum atomic E-state index is -3.67. The number of hydrogen-bond donors (Lipinski definition) is 0. The number of benzene rings is 2. The van der Waals surface area contributed by atoms with Crippen LogP contribution in [0, 0.1) is 0 Å². The predicted octanol–water partition coefficient (Wildman–Crippen LogP) is 2.08. The molecule has 6 heteroatoms. The molecule has 0 aliphatic carbocycles. The maximum atomic E-state index is 13.0. The number of hydrogen-bond acceptors (Lipinski definition) is 3. The molecular formula is C17H20N2O3S. The summed E-state index contributed by atoms with van der Waals surface area (Å²) in [4.78, 5) is 14.0. The predicted molar refractivity (Wildman–Crippen MR) is 89.6 cm³/mol. The molecule has 1 fully saturated rings. The Bertz CT molecular complexity index is 846. The van der Waals surface area contributed by atoms with Crippen molar-refractivity contribution in [1.82, 2.24) is 9.21 Å². The molecule has 122 valence electrons. The molecule has 1 aliphatic heterocycles. The Hall–Kier alpha value is -1.92. The third kappa shape index (κ3) is 2.84. The molecule has 1 aliphatic rings. The van der Waals surface area contributed by atoms with Crippen LogP contribution in [0.1, 0.15) is 12.8 Å². The largest absolute Gasteiger partial charge is 0.347 e. The van der Waals surface area contributed by atoms with Crippen molar-refractivity contribution in [2.24, 2.45) is 0 Å². The monoisotopic (exact) mass is 332 g/mol. The summed E-state index contributed by atoms with van der Waals surface area (Å²) in [5.74, 6) is -0.160. The summed E-state index contributed by atoms with van der Waals surface area (Å²) in [7, 11) is -0.364. The van der Waals surface area contributed by atoms with Crippen molar-refractivity contribution in [2.75, 3.05) is 20.6 Å². The van der Waals surface area contributed by atoms with Crippen LogP contribution in [0.15, 0.2) is 47.4 Å². The highest BCUT2D eigenvalue weighted by Gasteiger charge is 2.40. The number of nitrogens with zero attached hydrogens (tertiary/aromatic N) is 2. The highest BCUT2D eigenvalue weighted by molar-refractivity contribution is 7.89. The Morgan fingerprint density at radius 1 is 1.13 bits per heavy atom. The lowest BCUT2D eigenvalue weighted by Crippen LogP contribution is -2.45. The van der Waals surface area contributed by atoms with Gasteiger partial charge in [-0.15, -0.1) is 0 Å². The quantitative estimate of drug-likeness (QED) is 0.865. The van der Waals surface area contributed by atoms with Crippen molar-refractivity contribution in [3.05, 3.63) is 42.5 Å². The first-order chi connectivity index (χ1) is 10.9. The van der Waals surface area contributed by atoms with Gasteiger partial charge >= 0.3 is 0 Å². The van der Waals surface area contributed by atoms with Crippen LogP contribution >= 0.6 is 0 Å². The molecule has 0 radical (unpaired) electrons. The maximum Gasteiger partial charge on any atom is 0.243 e. The smallest absolute Gasteiger partial charge is 0.243 e. The fraction of sp³-hybridized carbons (Fsp3) is 0.353. The van der Waals surface area contributed by atoms with Crippen molar-refractivity contribution in [2.45, 2.75) is 23.8 Å². The summed E-state index contributed by atoms with van der Waals surface area (Å²) >= 11 is 0. The van der Waals surface area contributed by atoms with E-state index < -0.39 is 16.1 Å². The highest BCUT2D eigenvalue weighted by Crippen LogP contribution is 2.28. The van der Waals surface area contributed by atoms with Gasteiger partial charge in [-0.1, -0.05) is 30.3 Å². The summed E-state index contributed by atoms with van der Waals surface area (Å²) in [5.41, 5.74) is 0. The lowest BCUT2D eigenvalue weighted by atomic mass is 10.1. The molecule has 5 nitrogen and oxygen atoms in total. The molecule has 0 bridgehead atoms. The molecule has 1 atom stereocenters. The van der Waals surface area contributed by atoms with E-state index in [1.807, 2.05) is 24.3 Å². The first-order valence-corrected chi connectivity index (χ1v) is 9.07. The molecule has 0 spiro atoms. The van der Waals surface area contributed by atoms with Crippen molar-refractivity contribution in [3.8, 4) is 0 Å². The lowest BCUT2D eigenvalue weighted by Gasteiger charge is -2.25. The molecule has 1 amide bonds. The Balaban J connectivity index is 2.00. The van der Waals surface area contributed by atoms with Gasteiger partial charge in [-0.05, 0) is 35.7 Å². The summed E-state index contributed by atoms with van der Waals surface area (Å²) in [6.45, 7) is 0.388. The van der Waals surface area contributed by atoms with Gasteiger partial charge in [0, 0.05) is 20.6 Å². The zero-order chi connectivity index (χ0) is 16.6. The van der Waals surface area contributed by atoms with Crippen LogP contribution in [0.2, 0.25) is 0 Å². The van der Waals surface area contributed by atoms with E-state index in [0.29, 0.717) is 19.4 Å². The second kappa shape index (κ2) is 5.94. The molecule has 0 saturated carbocycles. The summed E-state index contributed by atoms with van der Waals surface area (Å²) in [6, 6.07) is 12.1. The van der Waals surface area contributed by atoms with E-state index in [1.165, 1.54) is 9.21 Å². The molecule has 1 unspecified atom stereocenters. The Kier molecular flexibility index (Phi) is 4.12. The van der Waals surface area contributed by atoms with Crippen LogP contribution in [0.3, 0.4) is 0 Å². The molecular weight excluding hydrogens is 312 g/mol. The van der Waals surface area contributed by atoms with Gasteiger partial charge < -0.3 is 4.90 Å². The van der Waals surface area contributed by atoms with Gasteiger partial charge in [-0.2, -0.15) is 4.31 Å². The molecule has 0 N–H and O–H groups in total. The summed E-state index contributed by atoms with van der Waals surface area (Å²) in [5, 5.41) is 1.87. The van der Waals surface area contributed by atoms with Crippen LogP contribution in [0.25, 0.3) is 10.8 Å². The van der Waals surface area contributed by atoms with E-state index in [2.05, 4.69) is 0 Å². The van der Waals surface area contributed by atoms with Gasteiger partial charge in [0.2, 0.25) is 15.9 Å². The number of carbonyl (C=O) groups is 1. The summed E-state index contributed by atoms with van der Waals surface area (Å²) < 4.78 is 27.3. The molecule has 1 heterocycles. The maximum absolute atomic E-state index is 13.0. The van der Waals surface area contributed by atoms with Gasteiger partial charge in [0.1, 0.15) is 6.04 Å². The average molecular weight is 332 g/mol. The summed E-state index contributed by atoms with van der Waals surface area (Å²) in [6.07, 6.45) is 1.28. The molecule has 0 aromatic heterocycles. The van der Waals surface area contributed by atoms with E-state index >= 15 is 0 Å². The first-order valence-electron chi connectivity index (χ1n) is 7.63. The first kappa shape index (κ1) is 16.0. The fourth-order valence-corrected chi connectivity index (χ4v) is 4.72. The Morgan fingerprint density at radius 2 is 1.83 bits per heavy atom. The minimum absolute atomic E-state index is 0.160. The van der Waals surface area contributed by atoms with Crippen LogP contribution < -0.4 is 0 Å². The SMILES string of the molecule is CN(C)C(=O)C1CCCN1S(=O)(=O)c1ccc2ccccc2c1. The Labute approximate surface area is 136 Å². The van der Waals surface area contributed by atoms with Crippen LogP contribution in [0.5, 0.6) is 0 Å². The van der Waals surface area contributed by atoms with Gasteiger partial charge in [-0.25, -0.2) is 8.42 Å². The third-order valence-corrected chi connectivity index (χ3v) is 6.16. The molecule has 23 heavy (non-hydrogen) atoms. The second-order valence-corrected chi connectivity index (χ2v) is 7.91. The number of carbonyl (C=O) groups excluding carboxylic acids is 1. The van der Waals surface area contributed by atoms with Crippen molar-refractivity contribution < 1.29 is 13.2 Å². The lowest BCUT2D eigenvalue weighted by molar-refractivity contribution is -0.132. The molecule has 2 aromatic rings. The fourth-order valence-electron chi connectivity index (χ4n) is 3.04. The van der Waals surface area contributed by atoms with E-state index in [4.69, 9.17) is 0 Å². The van der Waals surface area contributed by atoms with E-state index in [0.717, 1.165) is 10.8 Å². The average Bonchev–Trinajstić information content (AvgIpc) is 3.03. The standard InChI is InChI=1S/C17H20N2O3S/c1-18(2)17(20)16-8-5-11-19(16)23(21,22)15-10-9-13-6-3-4-7-14(13)12-15/h3-4,6-7,9-10,12,16H,5,8,11H2,1-2H3. The molecule has 1 saturated heterocycles. The van der Waals surface area contributed by atoms with E-state index in [-0.39, 0.29) is 10.8 Å². The van der Waals surface area contributed by atoms with Gasteiger partial charge in [0.25, 0.3) is 0 Å². The minimum Gasteiger partial charge on any atom is -0.347 e. The topological polar surface area (TPSA) is 57.7 Å². The van der Waals surface area contributed by atoms with E-state index in [9.17, 15) is 13.2 Å². The van der Waals surface area contributed by atoms with Gasteiger partial charge in [0.05, 0.1) is 4.90 Å². The highest BCUT2D eigenvalue weighted by atomic mass is 32.2. The number of rotatable bonds is 3. The van der Waals surface area contributed by atoms with Crippen molar-refractivity contribution in [3.63, 3.8) is 0 Å². The van der Waals surface area contributed by atoms with Gasteiger partial charge in [0.15, 0.2) is 0 Å². The molecule has 3 rings (SSSR count). The van der Waals surface area contributed by atoms with Crippen LogP contribution in [0.4, 0.5) is 0 Å². The zero-order valence-electron chi connectivity index (χ0n) is 13.3. The van der Waals surface area contributed by atoms with Crippen molar-refractivity contribution in [1.29, 1.82) is 0 Å².